The lowest BCUT2D eigenvalue weighted by molar-refractivity contribution is 0.346. The number of hydrogen-bond acceptors (Lipinski definition) is 4. The molecule has 0 spiro atoms. The third-order valence-corrected chi connectivity index (χ3v) is 4.61. The largest absolute Gasteiger partial charge is 0.481 e. The molecule has 0 radical (unpaired) electrons. The van der Waals surface area contributed by atoms with E-state index in [1.807, 2.05) is 6.20 Å². The average Bonchev–Trinajstić information content (AvgIpc) is 2.83. The highest BCUT2D eigenvalue weighted by Crippen LogP contribution is 2.32. The van der Waals surface area contributed by atoms with Crippen LogP contribution in [0.25, 0.3) is 0 Å². The molecule has 3 heterocycles. The molecular formula is C16H25N3O. The Hall–Kier alpha value is -1.29. The fourth-order valence-corrected chi connectivity index (χ4v) is 3.73. The standard InChI is InChI=1S/C16H25N3O/c1-3-8-19(14-6-7-17-16(11-14)20-2)15-9-12-4-5-13(10-15)18-12/h6-7,11-13,15,18H,3-5,8-10H2,1-2H3. The fraction of sp³-hybridized carbons (Fsp3) is 0.688. The predicted molar refractivity (Wildman–Crippen MR) is 81.4 cm³/mol. The second kappa shape index (κ2) is 6.00. The highest BCUT2D eigenvalue weighted by molar-refractivity contribution is 5.49. The van der Waals surface area contributed by atoms with E-state index in [0.717, 1.165) is 18.6 Å². The molecule has 0 aliphatic carbocycles. The molecule has 0 amide bonds. The van der Waals surface area contributed by atoms with Gasteiger partial charge in [-0.05, 0) is 38.2 Å². The fourth-order valence-electron chi connectivity index (χ4n) is 3.73. The maximum atomic E-state index is 5.27. The van der Waals surface area contributed by atoms with Crippen molar-refractivity contribution in [3.63, 3.8) is 0 Å². The second-order valence-electron chi connectivity index (χ2n) is 6.01. The Bertz CT molecular complexity index is 439. The highest BCUT2D eigenvalue weighted by Gasteiger charge is 2.36. The van der Waals surface area contributed by atoms with E-state index in [9.17, 15) is 0 Å². The van der Waals surface area contributed by atoms with Crippen LogP contribution in [0.15, 0.2) is 18.3 Å². The van der Waals surface area contributed by atoms with Gasteiger partial charge in [-0.2, -0.15) is 0 Å². The molecular weight excluding hydrogens is 250 g/mol. The first-order valence-electron chi connectivity index (χ1n) is 7.83. The molecule has 2 aliphatic heterocycles. The molecule has 1 aromatic heterocycles. The number of aromatic nitrogens is 1. The maximum absolute atomic E-state index is 5.27. The Kier molecular flexibility index (Phi) is 4.10. The van der Waals surface area contributed by atoms with Crippen molar-refractivity contribution in [2.24, 2.45) is 0 Å². The number of nitrogens with zero attached hydrogens (tertiary/aromatic N) is 2. The zero-order valence-corrected chi connectivity index (χ0v) is 12.5. The molecule has 2 bridgehead atoms. The monoisotopic (exact) mass is 275 g/mol. The summed E-state index contributed by atoms with van der Waals surface area (Å²) in [7, 11) is 1.68. The predicted octanol–water partition coefficient (Wildman–Crippen LogP) is 2.59. The van der Waals surface area contributed by atoms with Crippen LogP contribution in [0.4, 0.5) is 5.69 Å². The number of hydrogen-bond donors (Lipinski definition) is 1. The van der Waals surface area contributed by atoms with E-state index in [-0.39, 0.29) is 0 Å². The number of methoxy groups -OCH3 is 1. The highest BCUT2D eigenvalue weighted by atomic mass is 16.5. The Balaban J connectivity index is 1.80. The van der Waals surface area contributed by atoms with Crippen molar-refractivity contribution in [3.05, 3.63) is 18.3 Å². The second-order valence-corrected chi connectivity index (χ2v) is 6.01. The van der Waals surface area contributed by atoms with Gasteiger partial charge in [-0.1, -0.05) is 6.92 Å². The lowest BCUT2D eigenvalue weighted by atomic mass is 9.97. The minimum Gasteiger partial charge on any atom is -0.481 e. The van der Waals surface area contributed by atoms with Crippen molar-refractivity contribution in [1.29, 1.82) is 0 Å². The number of anilines is 1. The van der Waals surface area contributed by atoms with Gasteiger partial charge in [-0.15, -0.1) is 0 Å². The average molecular weight is 275 g/mol. The summed E-state index contributed by atoms with van der Waals surface area (Å²) in [6, 6.07) is 6.28. The molecule has 110 valence electrons. The van der Waals surface area contributed by atoms with Crippen LogP contribution in [0.3, 0.4) is 0 Å². The van der Waals surface area contributed by atoms with Gasteiger partial charge < -0.3 is 15.0 Å². The van der Waals surface area contributed by atoms with Crippen molar-refractivity contribution in [2.45, 2.75) is 57.2 Å². The molecule has 2 unspecified atom stereocenters. The quantitative estimate of drug-likeness (QED) is 0.896. The van der Waals surface area contributed by atoms with E-state index in [1.54, 1.807) is 7.11 Å². The minimum atomic E-state index is 0.654. The van der Waals surface area contributed by atoms with Gasteiger partial charge in [-0.3, -0.25) is 0 Å². The number of ether oxygens (including phenoxy) is 1. The van der Waals surface area contributed by atoms with Crippen molar-refractivity contribution >= 4 is 5.69 Å². The summed E-state index contributed by atoms with van der Waals surface area (Å²) in [6.45, 7) is 3.36. The van der Waals surface area contributed by atoms with E-state index in [0.29, 0.717) is 11.9 Å². The summed E-state index contributed by atoms with van der Waals surface area (Å²) in [5, 5.41) is 3.73. The zero-order valence-electron chi connectivity index (χ0n) is 12.5. The molecule has 3 rings (SSSR count). The summed E-state index contributed by atoms with van der Waals surface area (Å²) in [6.07, 6.45) is 8.25. The first-order valence-corrected chi connectivity index (χ1v) is 7.83. The van der Waals surface area contributed by atoms with Crippen LogP contribution in [0.1, 0.15) is 39.0 Å². The van der Waals surface area contributed by atoms with E-state index in [2.05, 4.69) is 34.3 Å². The van der Waals surface area contributed by atoms with E-state index in [1.165, 1.54) is 37.8 Å². The molecule has 2 fully saturated rings. The summed E-state index contributed by atoms with van der Waals surface area (Å²) < 4.78 is 5.27. The lowest BCUT2D eigenvalue weighted by Gasteiger charge is -2.39. The van der Waals surface area contributed by atoms with Gasteiger partial charge in [-0.25, -0.2) is 4.98 Å². The number of pyridine rings is 1. The summed E-state index contributed by atoms with van der Waals surface area (Å²) in [5.74, 6) is 0.709. The smallest absolute Gasteiger partial charge is 0.214 e. The molecule has 1 N–H and O–H groups in total. The van der Waals surface area contributed by atoms with Gasteiger partial charge in [0.15, 0.2) is 0 Å². The van der Waals surface area contributed by atoms with Gasteiger partial charge >= 0.3 is 0 Å². The molecule has 0 saturated carbocycles. The van der Waals surface area contributed by atoms with Crippen molar-refractivity contribution in [2.75, 3.05) is 18.6 Å². The minimum absolute atomic E-state index is 0.654. The molecule has 4 heteroatoms. The SMILES string of the molecule is CCCN(c1ccnc(OC)c1)C1CC2CCC(C1)N2. The molecule has 2 saturated heterocycles. The number of rotatable bonds is 5. The van der Waals surface area contributed by atoms with Crippen LogP contribution in [-0.4, -0.2) is 36.8 Å². The van der Waals surface area contributed by atoms with Crippen LogP contribution >= 0.6 is 0 Å². The van der Waals surface area contributed by atoms with Crippen molar-refractivity contribution in [1.82, 2.24) is 10.3 Å². The Morgan fingerprint density at radius 3 is 2.75 bits per heavy atom. The van der Waals surface area contributed by atoms with Crippen molar-refractivity contribution < 1.29 is 4.74 Å². The van der Waals surface area contributed by atoms with Gasteiger partial charge in [0.05, 0.1) is 7.11 Å². The molecule has 1 aromatic rings. The Morgan fingerprint density at radius 2 is 2.10 bits per heavy atom. The van der Waals surface area contributed by atoms with E-state index in [4.69, 9.17) is 4.74 Å². The molecule has 0 aromatic carbocycles. The van der Waals surface area contributed by atoms with Crippen LogP contribution in [-0.2, 0) is 0 Å². The third kappa shape index (κ3) is 2.75. The van der Waals surface area contributed by atoms with Gasteiger partial charge in [0.25, 0.3) is 0 Å². The molecule has 2 atom stereocenters. The summed E-state index contributed by atoms with van der Waals surface area (Å²) in [5.41, 5.74) is 1.25. The Morgan fingerprint density at radius 1 is 1.35 bits per heavy atom. The number of nitrogens with one attached hydrogen (secondary N) is 1. The number of fused-ring (bicyclic) bond motifs is 2. The van der Waals surface area contributed by atoms with Crippen LogP contribution in [0.2, 0.25) is 0 Å². The molecule has 20 heavy (non-hydrogen) atoms. The van der Waals surface area contributed by atoms with E-state index >= 15 is 0 Å². The van der Waals surface area contributed by atoms with Crippen LogP contribution in [0, 0.1) is 0 Å². The van der Waals surface area contributed by atoms with E-state index < -0.39 is 0 Å². The number of piperidine rings is 1. The van der Waals surface area contributed by atoms with Gasteiger partial charge in [0, 0.05) is 42.6 Å². The zero-order chi connectivity index (χ0) is 13.9. The summed E-state index contributed by atoms with van der Waals surface area (Å²) in [4.78, 5) is 6.79. The topological polar surface area (TPSA) is 37.4 Å². The maximum Gasteiger partial charge on any atom is 0.214 e. The first kappa shape index (κ1) is 13.7. The first-order chi connectivity index (χ1) is 9.80. The molecule has 2 aliphatic rings. The van der Waals surface area contributed by atoms with Gasteiger partial charge in [0.1, 0.15) is 0 Å². The normalized spacial score (nSPS) is 28.4. The van der Waals surface area contributed by atoms with Crippen LogP contribution in [0.5, 0.6) is 5.88 Å². The van der Waals surface area contributed by atoms with Crippen LogP contribution < -0.4 is 15.0 Å². The van der Waals surface area contributed by atoms with Crippen molar-refractivity contribution in [3.8, 4) is 5.88 Å². The van der Waals surface area contributed by atoms with Gasteiger partial charge in [0.2, 0.25) is 5.88 Å². The Labute approximate surface area is 121 Å². The lowest BCUT2D eigenvalue weighted by Crippen LogP contribution is -2.48. The summed E-state index contributed by atoms with van der Waals surface area (Å²) >= 11 is 0. The molecule has 4 nitrogen and oxygen atoms in total. The third-order valence-electron chi connectivity index (χ3n) is 4.61.